The lowest BCUT2D eigenvalue weighted by atomic mass is 9.91. The zero-order valence-corrected chi connectivity index (χ0v) is 24.6. The highest BCUT2D eigenvalue weighted by molar-refractivity contribution is 6.00. The molecule has 42 heavy (non-hydrogen) atoms. The van der Waals surface area contributed by atoms with Crippen molar-refractivity contribution < 1.29 is 18.7 Å². The number of aromatic amines is 1. The minimum Gasteiger partial charge on any atom is -0.490 e. The van der Waals surface area contributed by atoms with Crippen molar-refractivity contribution in [1.29, 1.82) is 0 Å². The topological polar surface area (TPSA) is 104 Å². The van der Waals surface area contributed by atoms with Crippen LogP contribution < -0.4 is 20.7 Å². The molecule has 3 amide bonds. The summed E-state index contributed by atoms with van der Waals surface area (Å²) in [4.78, 5) is 34.2. The number of likely N-dealkylation sites (tertiary alicyclic amines) is 1. The summed E-state index contributed by atoms with van der Waals surface area (Å²) in [7, 11) is 1.72. The molecular weight excluding hydrogens is 557 g/mol. The first-order valence-electron chi connectivity index (χ1n) is 13.9. The van der Waals surface area contributed by atoms with Crippen molar-refractivity contribution in [2.45, 2.75) is 44.4 Å². The van der Waals surface area contributed by atoms with E-state index in [1.165, 1.54) is 12.1 Å². The second-order valence-electron chi connectivity index (χ2n) is 10.5. The molecule has 1 aromatic heterocycles. The van der Waals surface area contributed by atoms with Crippen molar-refractivity contribution in [3.63, 3.8) is 0 Å². The van der Waals surface area contributed by atoms with Crippen LogP contribution in [0.2, 0.25) is 0 Å². The number of nitrogens with zero attached hydrogens (tertiary/aromatic N) is 2. The number of likely N-dealkylation sites (N-methyl/N-ethyl adjacent to an activating group) is 1. The molecule has 0 spiro atoms. The number of anilines is 1. The number of nitrogens with two attached hydrogens (primary N) is 1. The fourth-order valence-electron chi connectivity index (χ4n) is 5.50. The molecule has 1 aliphatic heterocycles. The number of piperidine rings is 1. The smallest absolute Gasteiger partial charge is 0.318 e. The number of hydrogen-bond acceptors (Lipinski definition) is 4. The number of para-hydroxylation sites is 2. The number of halogens is 2. The van der Waals surface area contributed by atoms with E-state index in [4.69, 9.17) is 10.5 Å². The molecule has 5 rings (SSSR count). The van der Waals surface area contributed by atoms with Crippen LogP contribution in [0.25, 0.3) is 10.9 Å². The predicted molar refractivity (Wildman–Crippen MR) is 166 cm³/mol. The maximum absolute atomic E-state index is 14.1. The van der Waals surface area contributed by atoms with E-state index >= 15 is 0 Å². The Labute approximate surface area is 251 Å². The standard InChI is InChI=1S/C32H36FN5O3.ClH/c1-21(27-20-35-28-9-5-4-8-26(27)28)30(31(39)37(2)29-10-6-3-7-22(29)19-34)36-32(40)38-17-15-25(16-18-38)41-24-13-11-23(33)12-14-24;/h3-14,20-21,25,30,35H,15-19,34H2,1-2H3,(H,36,40);1H. The maximum Gasteiger partial charge on any atom is 0.318 e. The third-order valence-corrected chi connectivity index (χ3v) is 7.91. The number of H-pyrrole nitrogens is 1. The molecule has 1 aliphatic rings. The summed E-state index contributed by atoms with van der Waals surface area (Å²) in [6.07, 6.45) is 3.09. The van der Waals surface area contributed by atoms with Crippen molar-refractivity contribution in [2.75, 3.05) is 25.0 Å². The van der Waals surface area contributed by atoms with Crippen molar-refractivity contribution in [3.05, 3.63) is 95.9 Å². The van der Waals surface area contributed by atoms with Gasteiger partial charge in [0.05, 0.1) is 0 Å². The molecule has 8 nitrogen and oxygen atoms in total. The van der Waals surface area contributed by atoms with Crippen LogP contribution in [0, 0.1) is 5.82 Å². The van der Waals surface area contributed by atoms with Crippen LogP contribution >= 0.6 is 12.4 Å². The summed E-state index contributed by atoms with van der Waals surface area (Å²) in [5.74, 6) is -0.263. The number of carbonyl (C=O) groups excluding carboxylic acids is 2. The number of fused-ring (bicyclic) bond motifs is 1. The molecule has 2 unspecified atom stereocenters. The third kappa shape index (κ3) is 6.69. The fourth-order valence-corrected chi connectivity index (χ4v) is 5.50. The van der Waals surface area contributed by atoms with Crippen molar-refractivity contribution >= 4 is 40.9 Å². The van der Waals surface area contributed by atoms with E-state index in [2.05, 4.69) is 10.3 Å². The van der Waals surface area contributed by atoms with Gasteiger partial charge in [-0.25, -0.2) is 9.18 Å². The average molecular weight is 594 g/mol. The van der Waals surface area contributed by atoms with E-state index in [0.29, 0.717) is 37.4 Å². The number of aromatic nitrogens is 1. The Kier molecular flexibility index (Phi) is 10.1. The van der Waals surface area contributed by atoms with Gasteiger partial charge in [-0.05, 0) is 47.5 Å². The van der Waals surface area contributed by atoms with E-state index in [-0.39, 0.29) is 48.7 Å². The van der Waals surface area contributed by atoms with Gasteiger partial charge in [-0.15, -0.1) is 12.4 Å². The highest BCUT2D eigenvalue weighted by atomic mass is 35.5. The quantitative estimate of drug-likeness (QED) is 0.248. The molecule has 2 atom stereocenters. The highest BCUT2D eigenvalue weighted by Crippen LogP contribution is 2.30. The van der Waals surface area contributed by atoms with E-state index < -0.39 is 6.04 Å². The molecule has 4 aromatic rings. The zero-order valence-electron chi connectivity index (χ0n) is 23.8. The Morgan fingerprint density at radius 2 is 1.74 bits per heavy atom. The fraction of sp³-hybridized carbons (Fsp3) is 0.312. The van der Waals surface area contributed by atoms with Gasteiger partial charge < -0.3 is 30.6 Å². The number of rotatable bonds is 8. The summed E-state index contributed by atoms with van der Waals surface area (Å²) < 4.78 is 19.2. The lowest BCUT2D eigenvalue weighted by Crippen LogP contribution is -2.55. The van der Waals surface area contributed by atoms with Crippen LogP contribution in [0.4, 0.5) is 14.9 Å². The minimum absolute atomic E-state index is 0. The maximum atomic E-state index is 14.1. The van der Waals surface area contributed by atoms with Gasteiger partial charge in [-0.3, -0.25) is 4.79 Å². The Morgan fingerprint density at radius 3 is 2.45 bits per heavy atom. The molecule has 0 saturated carbocycles. The SMILES string of the molecule is CC(c1c[nH]c2ccccc12)C(NC(=O)N1CCC(Oc2ccc(F)cc2)CC1)C(=O)N(C)c1ccccc1CN.Cl. The highest BCUT2D eigenvalue weighted by Gasteiger charge is 2.34. The van der Waals surface area contributed by atoms with Gasteiger partial charge in [0.2, 0.25) is 5.91 Å². The van der Waals surface area contributed by atoms with Crippen LogP contribution in [0.15, 0.2) is 79.0 Å². The van der Waals surface area contributed by atoms with Gasteiger partial charge in [0.25, 0.3) is 0 Å². The second-order valence-corrected chi connectivity index (χ2v) is 10.5. The molecule has 4 N–H and O–H groups in total. The second kappa shape index (κ2) is 13.7. The van der Waals surface area contributed by atoms with Crippen molar-refractivity contribution in [1.82, 2.24) is 15.2 Å². The Hall–Kier alpha value is -4.08. The first-order chi connectivity index (χ1) is 19.9. The monoisotopic (exact) mass is 593 g/mol. The number of amides is 3. The van der Waals surface area contributed by atoms with Gasteiger partial charge in [0.1, 0.15) is 23.7 Å². The van der Waals surface area contributed by atoms with Crippen LogP contribution in [-0.4, -0.2) is 54.1 Å². The summed E-state index contributed by atoms with van der Waals surface area (Å²) in [5.41, 5.74) is 9.44. The molecular formula is C32H37ClFN5O3. The normalized spacial score (nSPS) is 15.0. The molecule has 1 fully saturated rings. The third-order valence-electron chi connectivity index (χ3n) is 7.91. The molecule has 222 valence electrons. The summed E-state index contributed by atoms with van der Waals surface area (Å²) in [6.45, 7) is 3.21. The van der Waals surface area contributed by atoms with Crippen LogP contribution in [0.5, 0.6) is 5.75 Å². The number of nitrogens with one attached hydrogen (secondary N) is 2. The number of benzene rings is 3. The van der Waals surface area contributed by atoms with Gasteiger partial charge >= 0.3 is 6.03 Å². The van der Waals surface area contributed by atoms with Crippen LogP contribution in [0.1, 0.15) is 36.8 Å². The number of carbonyl (C=O) groups is 2. The van der Waals surface area contributed by atoms with E-state index in [1.54, 1.807) is 29.0 Å². The molecule has 2 heterocycles. The van der Waals surface area contributed by atoms with E-state index in [0.717, 1.165) is 22.0 Å². The number of hydrogen-bond donors (Lipinski definition) is 3. The van der Waals surface area contributed by atoms with E-state index in [9.17, 15) is 14.0 Å². The summed E-state index contributed by atoms with van der Waals surface area (Å²) >= 11 is 0. The Balaban J connectivity index is 0.00000405. The van der Waals surface area contributed by atoms with Gasteiger partial charge in [-0.1, -0.05) is 43.3 Å². The van der Waals surface area contributed by atoms with Gasteiger partial charge in [0, 0.05) is 68.2 Å². The summed E-state index contributed by atoms with van der Waals surface area (Å²) in [6, 6.07) is 20.3. The zero-order chi connectivity index (χ0) is 28.9. The van der Waals surface area contributed by atoms with E-state index in [1.807, 2.05) is 61.7 Å². The first-order valence-corrected chi connectivity index (χ1v) is 13.9. The molecule has 0 bridgehead atoms. The molecule has 0 aliphatic carbocycles. The predicted octanol–water partition coefficient (Wildman–Crippen LogP) is 5.58. The average Bonchev–Trinajstić information content (AvgIpc) is 3.44. The Morgan fingerprint density at radius 1 is 1.07 bits per heavy atom. The van der Waals surface area contributed by atoms with Gasteiger partial charge in [-0.2, -0.15) is 0 Å². The number of urea groups is 1. The van der Waals surface area contributed by atoms with Gasteiger partial charge in [0.15, 0.2) is 0 Å². The lowest BCUT2D eigenvalue weighted by Gasteiger charge is -2.35. The number of ether oxygens (including phenoxy) is 1. The molecule has 3 aromatic carbocycles. The first kappa shape index (κ1) is 30.9. The molecule has 10 heteroatoms. The van der Waals surface area contributed by atoms with Crippen molar-refractivity contribution in [3.8, 4) is 5.75 Å². The minimum atomic E-state index is -0.828. The largest absolute Gasteiger partial charge is 0.490 e. The van der Waals surface area contributed by atoms with Crippen LogP contribution in [-0.2, 0) is 11.3 Å². The molecule has 0 radical (unpaired) electrons. The summed E-state index contributed by atoms with van der Waals surface area (Å²) in [5, 5.41) is 4.08. The Bertz CT molecular complexity index is 1500. The molecule has 1 saturated heterocycles. The van der Waals surface area contributed by atoms with Crippen molar-refractivity contribution in [2.24, 2.45) is 5.73 Å². The van der Waals surface area contributed by atoms with Crippen LogP contribution in [0.3, 0.4) is 0 Å². The lowest BCUT2D eigenvalue weighted by molar-refractivity contribution is -0.120.